The van der Waals surface area contributed by atoms with Gasteiger partial charge in [0.25, 0.3) is 5.56 Å². The molecule has 2 aromatic heterocycles. The standard InChI is InChI=1S/C23H27N5O2/c1-27(2)11-4-12-30-20-14-24-23(25-15-20)19-6-3-5-17(13-19)16-28-22(29)10-9-21(26-28)18-7-8-18/h3,5-6,9-10,13-15,18H,4,7-8,11-12,16H2,1-2H3. The highest BCUT2D eigenvalue weighted by Crippen LogP contribution is 2.38. The van der Waals surface area contributed by atoms with Crippen molar-refractivity contribution in [3.05, 3.63) is 70.4 Å². The van der Waals surface area contributed by atoms with Crippen molar-refractivity contribution in [1.82, 2.24) is 24.6 Å². The zero-order chi connectivity index (χ0) is 20.9. The Morgan fingerprint density at radius 2 is 1.93 bits per heavy atom. The molecular formula is C23H27N5O2. The SMILES string of the molecule is CN(C)CCCOc1cnc(-c2cccc(Cn3nc(C4CC4)ccc3=O)c2)nc1. The Labute approximate surface area is 176 Å². The predicted octanol–water partition coefficient (Wildman–Crippen LogP) is 2.96. The van der Waals surface area contributed by atoms with Crippen LogP contribution in [0.3, 0.4) is 0 Å². The summed E-state index contributed by atoms with van der Waals surface area (Å²) in [7, 11) is 4.09. The second-order valence-corrected chi connectivity index (χ2v) is 7.98. The fourth-order valence-electron chi connectivity index (χ4n) is 3.27. The van der Waals surface area contributed by atoms with Gasteiger partial charge in [-0.05, 0) is 51.1 Å². The molecule has 0 atom stereocenters. The van der Waals surface area contributed by atoms with Gasteiger partial charge in [0, 0.05) is 24.1 Å². The third-order valence-electron chi connectivity index (χ3n) is 5.05. The molecule has 2 heterocycles. The number of rotatable bonds is 9. The Hall–Kier alpha value is -3.06. The summed E-state index contributed by atoms with van der Waals surface area (Å²) in [5, 5.41) is 4.54. The number of aromatic nitrogens is 4. The lowest BCUT2D eigenvalue weighted by atomic mass is 10.1. The Morgan fingerprint density at radius 3 is 2.67 bits per heavy atom. The number of hydrogen-bond donors (Lipinski definition) is 0. The second-order valence-electron chi connectivity index (χ2n) is 7.98. The third-order valence-corrected chi connectivity index (χ3v) is 5.05. The van der Waals surface area contributed by atoms with Crippen LogP contribution in [-0.4, -0.2) is 51.9 Å². The van der Waals surface area contributed by atoms with Gasteiger partial charge in [-0.15, -0.1) is 0 Å². The molecular weight excluding hydrogens is 378 g/mol. The number of ether oxygens (including phenoxy) is 1. The van der Waals surface area contributed by atoms with Gasteiger partial charge in [-0.25, -0.2) is 14.6 Å². The highest BCUT2D eigenvalue weighted by Gasteiger charge is 2.25. The molecule has 3 aromatic rings. The Balaban J connectivity index is 1.43. The highest BCUT2D eigenvalue weighted by molar-refractivity contribution is 5.56. The first-order valence-corrected chi connectivity index (χ1v) is 10.4. The van der Waals surface area contributed by atoms with Crippen molar-refractivity contribution >= 4 is 0 Å². The minimum absolute atomic E-state index is 0.0863. The van der Waals surface area contributed by atoms with Gasteiger partial charge in [0.15, 0.2) is 11.6 Å². The summed E-state index contributed by atoms with van der Waals surface area (Å²) in [6.45, 7) is 2.05. The average Bonchev–Trinajstić information content (AvgIpc) is 3.59. The molecule has 0 bridgehead atoms. The summed E-state index contributed by atoms with van der Waals surface area (Å²) in [6, 6.07) is 11.4. The van der Waals surface area contributed by atoms with Crippen LogP contribution < -0.4 is 10.3 Å². The largest absolute Gasteiger partial charge is 0.490 e. The molecule has 1 saturated carbocycles. The number of nitrogens with zero attached hydrogens (tertiary/aromatic N) is 5. The van der Waals surface area contributed by atoms with Crippen LogP contribution in [0.2, 0.25) is 0 Å². The van der Waals surface area contributed by atoms with Crippen LogP contribution in [0.25, 0.3) is 11.4 Å². The van der Waals surface area contributed by atoms with Gasteiger partial charge in [0.05, 0.1) is 31.2 Å². The van der Waals surface area contributed by atoms with Gasteiger partial charge in [0.2, 0.25) is 0 Å². The van der Waals surface area contributed by atoms with E-state index in [1.54, 1.807) is 18.5 Å². The highest BCUT2D eigenvalue weighted by atomic mass is 16.5. The van der Waals surface area contributed by atoms with Crippen molar-refractivity contribution in [1.29, 1.82) is 0 Å². The molecule has 1 aromatic carbocycles. The maximum atomic E-state index is 12.2. The van der Waals surface area contributed by atoms with Gasteiger partial charge < -0.3 is 9.64 Å². The quantitative estimate of drug-likeness (QED) is 0.510. The smallest absolute Gasteiger partial charge is 0.267 e. The Bertz CT molecular complexity index is 1040. The monoisotopic (exact) mass is 405 g/mol. The van der Waals surface area contributed by atoms with Crippen LogP contribution in [0, 0.1) is 0 Å². The summed E-state index contributed by atoms with van der Waals surface area (Å²) in [4.78, 5) is 23.2. The lowest BCUT2D eigenvalue weighted by Gasteiger charge is -2.10. The molecule has 0 saturated heterocycles. The van der Waals surface area contributed by atoms with Crippen LogP contribution in [0.5, 0.6) is 5.75 Å². The molecule has 0 spiro atoms. The minimum Gasteiger partial charge on any atom is -0.490 e. The van der Waals surface area contributed by atoms with E-state index in [4.69, 9.17) is 4.74 Å². The minimum atomic E-state index is -0.0863. The van der Waals surface area contributed by atoms with Crippen LogP contribution in [0.1, 0.15) is 36.4 Å². The zero-order valence-corrected chi connectivity index (χ0v) is 17.5. The summed E-state index contributed by atoms with van der Waals surface area (Å²) in [5.74, 6) is 1.81. The molecule has 156 valence electrons. The van der Waals surface area contributed by atoms with E-state index in [0.717, 1.165) is 42.6 Å². The molecule has 0 radical (unpaired) electrons. The molecule has 0 aliphatic heterocycles. The van der Waals surface area contributed by atoms with Crippen molar-refractivity contribution in [3.8, 4) is 17.1 Å². The van der Waals surface area contributed by atoms with Crippen molar-refractivity contribution < 1.29 is 4.74 Å². The molecule has 7 heteroatoms. The summed E-state index contributed by atoms with van der Waals surface area (Å²) in [6.07, 6.45) is 6.68. The number of benzene rings is 1. The van der Waals surface area contributed by atoms with Gasteiger partial charge >= 0.3 is 0 Å². The fraction of sp³-hybridized carbons (Fsp3) is 0.391. The first kappa shape index (κ1) is 20.2. The van der Waals surface area contributed by atoms with E-state index in [0.29, 0.717) is 30.6 Å². The van der Waals surface area contributed by atoms with Gasteiger partial charge in [-0.1, -0.05) is 18.2 Å². The van der Waals surface area contributed by atoms with Crippen LogP contribution in [0.15, 0.2) is 53.6 Å². The lowest BCUT2D eigenvalue weighted by molar-refractivity contribution is 0.280. The van der Waals surface area contributed by atoms with Crippen LogP contribution in [-0.2, 0) is 6.54 Å². The second kappa shape index (κ2) is 9.17. The average molecular weight is 406 g/mol. The first-order chi connectivity index (χ1) is 14.6. The van der Waals surface area contributed by atoms with Crippen molar-refractivity contribution in [2.24, 2.45) is 0 Å². The van der Waals surface area contributed by atoms with Crippen molar-refractivity contribution in [3.63, 3.8) is 0 Å². The van der Waals surface area contributed by atoms with E-state index in [1.807, 2.05) is 44.4 Å². The van der Waals surface area contributed by atoms with Crippen LogP contribution >= 0.6 is 0 Å². The Morgan fingerprint density at radius 1 is 1.13 bits per heavy atom. The predicted molar refractivity (Wildman–Crippen MR) is 116 cm³/mol. The lowest BCUT2D eigenvalue weighted by Crippen LogP contribution is -2.23. The van der Waals surface area contributed by atoms with E-state index in [-0.39, 0.29) is 5.56 Å². The topological polar surface area (TPSA) is 73.1 Å². The van der Waals surface area contributed by atoms with E-state index in [1.165, 1.54) is 4.68 Å². The normalized spacial score (nSPS) is 13.6. The summed E-state index contributed by atoms with van der Waals surface area (Å²) >= 11 is 0. The van der Waals surface area contributed by atoms with E-state index in [2.05, 4.69) is 20.0 Å². The van der Waals surface area contributed by atoms with Gasteiger partial charge in [-0.3, -0.25) is 4.79 Å². The fourth-order valence-corrected chi connectivity index (χ4v) is 3.27. The van der Waals surface area contributed by atoms with E-state index in [9.17, 15) is 4.79 Å². The van der Waals surface area contributed by atoms with Gasteiger partial charge in [0.1, 0.15) is 0 Å². The molecule has 7 nitrogen and oxygen atoms in total. The molecule has 4 rings (SSSR count). The van der Waals surface area contributed by atoms with Gasteiger partial charge in [-0.2, -0.15) is 5.10 Å². The van der Waals surface area contributed by atoms with E-state index >= 15 is 0 Å². The molecule has 0 amide bonds. The maximum absolute atomic E-state index is 12.2. The van der Waals surface area contributed by atoms with E-state index < -0.39 is 0 Å². The molecule has 1 fully saturated rings. The first-order valence-electron chi connectivity index (χ1n) is 10.4. The van der Waals surface area contributed by atoms with Crippen molar-refractivity contribution in [2.75, 3.05) is 27.2 Å². The molecule has 1 aliphatic rings. The number of hydrogen-bond acceptors (Lipinski definition) is 6. The van der Waals surface area contributed by atoms with Crippen molar-refractivity contribution in [2.45, 2.75) is 31.7 Å². The zero-order valence-electron chi connectivity index (χ0n) is 17.5. The molecule has 1 aliphatic carbocycles. The molecule has 0 N–H and O–H groups in total. The molecule has 0 unspecified atom stereocenters. The van der Waals surface area contributed by atoms with Crippen LogP contribution in [0.4, 0.5) is 0 Å². The Kier molecular flexibility index (Phi) is 6.18. The summed E-state index contributed by atoms with van der Waals surface area (Å²) < 4.78 is 7.24. The third kappa shape index (κ3) is 5.30. The maximum Gasteiger partial charge on any atom is 0.267 e. The summed E-state index contributed by atoms with van der Waals surface area (Å²) in [5.41, 5.74) is 2.81. The molecule has 30 heavy (non-hydrogen) atoms.